The van der Waals surface area contributed by atoms with Gasteiger partial charge in [-0.1, -0.05) is 12.5 Å². The Bertz CT molecular complexity index is 328. The van der Waals surface area contributed by atoms with E-state index < -0.39 is 0 Å². The molecule has 1 aromatic heterocycles. The van der Waals surface area contributed by atoms with Gasteiger partial charge in [-0.25, -0.2) is 0 Å². The second kappa shape index (κ2) is 6.41. The molecule has 0 amide bonds. The first-order valence-corrected chi connectivity index (χ1v) is 7.73. The van der Waals surface area contributed by atoms with Crippen molar-refractivity contribution in [3.05, 3.63) is 30.1 Å². The maximum Gasteiger partial charge on any atom is 0.0416 e. The highest BCUT2D eigenvalue weighted by Crippen LogP contribution is 2.31. The van der Waals surface area contributed by atoms with Crippen molar-refractivity contribution >= 4 is 11.8 Å². The molecule has 1 fully saturated rings. The first-order chi connectivity index (χ1) is 8.31. The van der Waals surface area contributed by atoms with Gasteiger partial charge in [0.2, 0.25) is 0 Å². The third kappa shape index (κ3) is 3.46. The van der Waals surface area contributed by atoms with Gasteiger partial charge in [0.1, 0.15) is 0 Å². The van der Waals surface area contributed by atoms with Crippen molar-refractivity contribution in [2.24, 2.45) is 0 Å². The zero-order valence-corrected chi connectivity index (χ0v) is 11.6. The predicted molar refractivity (Wildman–Crippen MR) is 75.5 cm³/mol. The summed E-state index contributed by atoms with van der Waals surface area (Å²) >= 11 is 2.03. The first kappa shape index (κ1) is 12.9. The van der Waals surface area contributed by atoms with Gasteiger partial charge in [-0.05, 0) is 38.3 Å². The van der Waals surface area contributed by atoms with E-state index in [0.717, 1.165) is 24.3 Å². The Labute approximate surface area is 109 Å². The van der Waals surface area contributed by atoms with E-state index in [1.165, 1.54) is 25.0 Å². The normalized spacial score (nSPS) is 24.4. The summed E-state index contributed by atoms with van der Waals surface area (Å²) in [6, 6.07) is 6.94. The van der Waals surface area contributed by atoms with Crippen LogP contribution in [0.1, 0.15) is 25.0 Å². The highest BCUT2D eigenvalue weighted by atomic mass is 32.2. The van der Waals surface area contributed by atoms with E-state index in [4.69, 9.17) is 0 Å². The van der Waals surface area contributed by atoms with Gasteiger partial charge in [-0.2, -0.15) is 11.8 Å². The molecule has 0 N–H and O–H groups in total. The highest BCUT2D eigenvalue weighted by Gasteiger charge is 2.29. The fourth-order valence-electron chi connectivity index (χ4n) is 2.69. The zero-order valence-electron chi connectivity index (χ0n) is 10.8. The Morgan fingerprint density at radius 3 is 3.00 bits per heavy atom. The van der Waals surface area contributed by atoms with Crippen molar-refractivity contribution in [2.45, 2.75) is 37.0 Å². The van der Waals surface area contributed by atoms with Crippen LogP contribution in [-0.4, -0.2) is 41.0 Å². The minimum Gasteiger partial charge on any atom is -0.302 e. The van der Waals surface area contributed by atoms with Crippen molar-refractivity contribution in [1.29, 1.82) is 0 Å². The first-order valence-electron chi connectivity index (χ1n) is 6.44. The standard InChI is InChI=1S/C14H22N2S/c1-16(13-7-5-8-14(13)17-2)11-9-12-6-3-4-10-15-12/h3-4,6,10,13-14H,5,7-9,11H2,1-2H3/t13-,14+/m0/s1. The van der Waals surface area contributed by atoms with Gasteiger partial charge in [0, 0.05) is 36.1 Å². The van der Waals surface area contributed by atoms with Crippen molar-refractivity contribution in [3.63, 3.8) is 0 Å². The summed E-state index contributed by atoms with van der Waals surface area (Å²) < 4.78 is 0. The molecule has 2 nitrogen and oxygen atoms in total. The largest absolute Gasteiger partial charge is 0.302 e. The van der Waals surface area contributed by atoms with Crippen molar-refractivity contribution < 1.29 is 0 Å². The lowest BCUT2D eigenvalue weighted by Crippen LogP contribution is -2.37. The van der Waals surface area contributed by atoms with Crippen LogP contribution in [0.5, 0.6) is 0 Å². The molecular formula is C14H22N2S. The number of nitrogens with zero attached hydrogens (tertiary/aromatic N) is 2. The molecule has 3 heteroatoms. The van der Waals surface area contributed by atoms with Crippen molar-refractivity contribution in [2.75, 3.05) is 19.8 Å². The van der Waals surface area contributed by atoms with E-state index in [1.54, 1.807) is 0 Å². The number of rotatable bonds is 5. The molecule has 2 rings (SSSR count). The minimum absolute atomic E-state index is 0.772. The molecule has 0 bridgehead atoms. The summed E-state index contributed by atoms with van der Waals surface area (Å²) in [6.45, 7) is 1.12. The second-order valence-corrected chi connectivity index (χ2v) is 5.90. The number of hydrogen-bond donors (Lipinski definition) is 0. The van der Waals surface area contributed by atoms with E-state index in [0.29, 0.717) is 0 Å². The SMILES string of the molecule is CS[C@@H]1CCC[C@@H]1N(C)CCc1ccccn1. The van der Waals surface area contributed by atoms with Crippen LogP contribution < -0.4 is 0 Å². The monoisotopic (exact) mass is 250 g/mol. The third-order valence-corrected chi connectivity index (χ3v) is 4.89. The highest BCUT2D eigenvalue weighted by molar-refractivity contribution is 7.99. The van der Waals surface area contributed by atoms with Crippen LogP contribution in [0.3, 0.4) is 0 Å². The Hall–Kier alpha value is -0.540. The lowest BCUT2D eigenvalue weighted by molar-refractivity contribution is 0.252. The molecule has 0 unspecified atom stereocenters. The summed E-state index contributed by atoms with van der Waals surface area (Å²) in [5.74, 6) is 0. The van der Waals surface area contributed by atoms with E-state index in [9.17, 15) is 0 Å². The molecule has 2 atom stereocenters. The van der Waals surface area contributed by atoms with Gasteiger partial charge < -0.3 is 4.90 Å². The molecule has 1 heterocycles. The Morgan fingerprint density at radius 2 is 2.29 bits per heavy atom. The third-order valence-electron chi connectivity index (χ3n) is 3.73. The average molecular weight is 250 g/mol. The zero-order chi connectivity index (χ0) is 12.1. The van der Waals surface area contributed by atoms with Crippen LogP contribution in [0.4, 0.5) is 0 Å². The minimum atomic E-state index is 0.772. The molecule has 0 radical (unpaired) electrons. The molecule has 1 aromatic rings. The molecule has 1 saturated carbocycles. The molecule has 0 aliphatic heterocycles. The molecule has 0 spiro atoms. The molecular weight excluding hydrogens is 228 g/mol. The van der Waals surface area contributed by atoms with Gasteiger partial charge in [0.05, 0.1) is 0 Å². The quantitative estimate of drug-likeness (QED) is 0.799. The molecule has 17 heavy (non-hydrogen) atoms. The predicted octanol–water partition coefficient (Wildman–Crippen LogP) is 2.84. The fourth-order valence-corrected chi connectivity index (χ4v) is 3.75. The second-order valence-electron chi connectivity index (χ2n) is 4.82. The summed E-state index contributed by atoms with van der Waals surface area (Å²) in [7, 11) is 2.27. The maximum absolute atomic E-state index is 4.38. The Kier molecular flexibility index (Phi) is 4.86. The van der Waals surface area contributed by atoms with Crippen LogP contribution in [-0.2, 0) is 6.42 Å². The number of pyridine rings is 1. The molecule has 0 saturated heterocycles. The lowest BCUT2D eigenvalue weighted by Gasteiger charge is -2.28. The molecule has 1 aliphatic rings. The van der Waals surface area contributed by atoms with Crippen LogP contribution in [0.2, 0.25) is 0 Å². The van der Waals surface area contributed by atoms with E-state index in [1.807, 2.05) is 24.0 Å². The topological polar surface area (TPSA) is 16.1 Å². The number of hydrogen-bond acceptors (Lipinski definition) is 3. The molecule has 94 valence electrons. The maximum atomic E-state index is 4.38. The van der Waals surface area contributed by atoms with Gasteiger partial charge in [0.15, 0.2) is 0 Å². The smallest absolute Gasteiger partial charge is 0.0416 e. The average Bonchev–Trinajstić information content (AvgIpc) is 2.85. The molecule has 0 aromatic carbocycles. The van der Waals surface area contributed by atoms with Gasteiger partial charge in [0.25, 0.3) is 0 Å². The van der Waals surface area contributed by atoms with Gasteiger partial charge in [-0.3, -0.25) is 4.98 Å². The van der Waals surface area contributed by atoms with Crippen LogP contribution in [0.25, 0.3) is 0 Å². The van der Waals surface area contributed by atoms with Crippen LogP contribution in [0.15, 0.2) is 24.4 Å². The lowest BCUT2D eigenvalue weighted by atomic mass is 10.2. The van der Waals surface area contributed by atoms with Crippen molar-refractivity contribution in [1.82, 2.24) is 9.88 Å². The van der Waals surface area contributed by atoms with Gasteiger partial charge in [-0.15, -0.1) is 0 Å². The molecule has 1 aliphatic carbocycles. The Balaban J connectivity index is 1.83. The fraction of sp³-hybridized carbons (Fsp3) is 0.643. The van der Waals surface area contributed by atoms with Crippen LogP contribution >= 0.6 is 11.8 Å². The van der Waals surface area contributed by atoms with E-state index in [2.05, 4.69) is 35.3 Å². The summed E-state index contributed by atoms with van der Waals surface area (Å²) in [5.41, 5.74) is 1.21. The van der Waals surface area contributed by atoms with Crippen LogP contribution in [0, 0.1) is 0 Å². The summed E-state index contributed by atoms with van der Waals surface area (Å²) in [4.78, 5) is 6.92. The number of likely N-dealkylation sites (N-methyl/N-ethyl adjacent to an activating group) is 1. The van der Waals surface area contributed by atoms with Crippen molar-refractivity contribution in [3.8, 4) is 0 Å². The Morgan fingerprint density at radius 1 is 1.41 bits per heavy atom. The summed E-state index contributed by atoms with van der Waals surface area (Å²) in [6.07, 6.45) is 9.34. The summed E-state index contributed by atoms with van der Waals surface area (Å²) in [5, 5.41) is 0.837. The van der Waals surface area contributed by atoms with E-state index >= 15 is 0 Å². The number of aromatic nitrogens is 1. The van der Waals surface area contributed by atoms with Gasteiger partial charge >= 0.3 is 0 Å². The van der Waals surface area contributed by atoms with E-state index in [-0.39, 0.29) is 0 Å². The number of thioether (sulfide) groups is 1.